The average molecular weight is 555 g/mol. The number of hydrogen-bond acceptors (Lipinski definition) is 7. The van der Waals surface area contributed by atoms with E-state index >= 15 is 0 Å². The van der Waals surface area contributed by atoms with Crippen LogP contribution in [0.2, 0.25) is 0 Å². The molecule has 2 aliphatic rings. The Bertz CT molecular complexity index is 1150. The summed E-state index contributed by atoms with van der Waals surface area (Å²) in [6.45, 7) is 6.77. The molecule has 39 heavy (non-hydrogen) atoms. The van der Waals surface area contributed by atoms with Crippen LogP contribution in [0.5, 0.6) is 0 Å². The van der Waals surface area contributed by atoms with Gasteiger partial charge in [0, 0.05) is 17.6 Å². The van der Waals surface area contributed by atoms with Gasteiger partial charge in [-0.15, -0.1) is 11.8 Å². The molecule has 0 aliphatic carbocycles. The number of nitrogens with one attached hydrogen (secondary N) is 1. The SMILES string of the molecule is Cc1ccccc1CCC(=O)C1N(C(=O)C(O)C(Cc2ccccc2)NC(=O)OC2CCOC2)CSC1(C)C. The largest absolute Gasteiger partial charge is 0.444 e. The lowest BCUT2D eigenvalue weighted by atomic mass is 9.92. The summed E-state index contributed by atoms with van der Waals surface area (Å²) in [6, 6.07) is 15.7. The van der Waals surface area contributed by atoms with E-state index in [4.69, 9.17) is 9.47 Å². The molecular formula is C30H38N2O6S. The zero-order chi connectivity index (χ0) is 28.0. The van der Waals surface area contributed by atoms with Crippen LogP contribution < -0.4 is 5.32 Å². The van der Waals surface area contributed by atoms with Gasteiger partial charge in [-0.1, -0.05) is 54.6 Å². The minimum atomic E-state index is -1.56. The smallest absolute Gasteiger partial charge is 0.407 e. The lowest BCUT2D eigenvalue weighted by Crippen LogP contribution is -2.57. The van der Waals surface area contributed by atoms with Gasteiger partial charge in [0.15, 0.2) is 11.9 Å². The number of hydrogen-bond donors (Lipinski definition) is 2. The van der Waals surface area contributed by atoms with Crippen LogP contribution in [0.25, 0.3) is 0 Å². The highest BCUT2D eigenvalue weighted by molar-refractivity contribution is 8.00. The summed E-state index contributed by atoms with van der Waals surface area (Å²) in [4.78, 5) is 41.4. The van der Waals surface area contributed by atoms with Crippen molar-refractivity contribution in [1.82, 2.24) is 10.2 Å². The van der Waals surface area contributed by atoms with Crippen molar-refractivity contribution >= 4 is 29.5 Å². The van der Waals surface area contributed by atoms with Gasteiger partial charge >= 0.3 is 6.09 Å². The van der Waals surface area contributed by atoms with Crippen LogP contribution in [0.3, 0.4) is 0 Å². The molecule has 2 amide bonds. The fourth-order valence-corrected chi connectivity index (χ4v) is 6.36. The van der Waals surface area contributed by atoms with Gasteiger partial charge in [0.05, 0.1) is 25.1 Å². The number of carbonyl (C=O) groups is 3. The lowest BCUT2D eigenvalue weighted by molar-refractivity contribution is -0.146. The molecule has 0 bridgehead atoms. The van der Waals surface area contributed by atoms with Crippen molar-refractivity contribution in [3.8, 4) is 0 Å². The van der Waals surface area contributed by atoms with Crippen molar-refractivity contribution in [2.24, 2.45) is 0 Å². The maximum atomic E-state index is 13.7. The molecule has 0 saturated carbocycles. The number of alkyl carbamates (subject to hydrolysis) is 1. The minimum Gasteiger partial charge on any atom is -0.444 e. The molecule has 2 aromatic carbocycles. The van der Waals surface area contributed by atoms with Gasteiger partial charge in [-0.3, -0.25) is 9.59 Å². The summed E-state index contributed by atoms with van der Waals surface area (Å²) in [5.74, 6) is -0.333. The second-order valence-electron chi connectivity index (χ2n) is 10.8. The quantitative estimate of drug-likeness (QED) is 0.462. The Labute approximate surface area is 234 Å². The summed E-state index contributed by atoms with van der Waals surface area (Å²) in [5.41, 5.74) is 3.07. The standard InChI is InChI=1S/C30H38N2O6S/c1-20-9-7-8-12-22(20)13-14-25(33)27-30(2,3)39-19-32(27)28(35)26(34)24(17-21-10-5-4-6-11-21)31-29(36)38-23-15-16-37-18-23/h4-12,23-24,26-27,34H,13-19H2,1-3H3,(H,31,36). The molecule has 2 aromatic rings. The van der Waals surface area contributed by atoms with Crippen molar-refractivity contribution in [3.05, 3.63) is 71.3 Å². The highest BCUT2D eigenvalue weighted by Gasteiger charge is 2.49. The van der Waals surface area contributed by atoms with Gasteiger partial charge in [-0.05, 0) is 50.3 Å². The summed E-state index contributed by atoms with van der Waals surface area (Å²) < 4.78 is 10.2. The van der Waals surface area contributed by atoms with E-state index in [1.807, 2.05) is 75.4 Å². The van der Waals surface area contributed by atoms with Crippen molar-refractivity contribution in [2.45, 2.75) is 75.5 Å². The first-order valence-corrected chi connectivity index (χ1v) is 14.4. The number of rotatable bonds is 10. The Kier molecular flexibility index (Phi) is 9.69. The van der Waals surface area contributed by atoms with Crippen molar-refractivity contribution in [2.75, 3.05) is 19.1 Å². The Morgan fingerprint density at radius 2 is 1.87 bits per heavy atom. The molecule has 2 heterocycles. The highest BCUT2D eigenvalue weighted by Crippen LogP contribution is 2.40. The summed E-state index contributed by atoms with van der Waals surface area (Å²) in [5, 5.41) is 14.0. The summed E-state index contributed by atoms with van der Waals surface area (Å²) in [6.07, 6.45) is -0.922. The molecule has 2 fully saturated rings. The van der Waals surface area contributed by atoms with Gasteiger partial charge < -0.3 is 24.8 Å². The van der Waals surface area contributed by atoms with Gasteiger partial charge in [0.2, 0.25) is 0 Å². The number of amides is 2. The van der Waals surface area contributed by atoms with Gasteiger partial charge in [0.25, 0.3) is 5.91 Å². The third-order valence-electron chi connectivity index (χ3n) is 7.43. The second kappa shape index (κ2) is 13.0. The van der Waals surface area contributed by atoms with E-state index in [0.29, 0.717) is 32.5 Å². The Balaban J connectivity index is 1.48. The first kappa shape index (κ1) is 29.1. The number of thioether (sulfide) groups is 1. The number of Topliss-reactive ketones (excluding diaryl/α,β-unsaturated/α-hetero) is 1. The molecule has 2 aliphatic heterocycles. The monoisotopic (exact) mass is 554 g/mol. The number of aliphatic hydroxyl groups excluding tert-OH is 1. The van der Waals surface area contributed by atoms with E-state index in [-0.39, 0.29) is 24.2 Å². The van der Waals surface area contributed by atoms with Crippen molar-refractivity contribution in [3.63, 3.8) is 0 Å². The third-order valence-corrected chi connectivity index (χ3v) is 8.81. The Hall–Kier alpha value is -2.88. The predicted molar refractivity (Wildman–Crippen MR) is 150 cm³/mol. The molecule has 8 nitrogen and oxygen atoms in total. The van der Waals surface area contributed by atoms with Crippen LogP contribution in [0, 0.1) is 6.92 Å². The molecule has 4 atom stereocenters. The third kappa shape index (κ3) is 7.41. The van der Waals surface area contributed by atoms with Crippen molar-refractivity contribution in [1.29, 1.82) is 0 Å². The maximum absolute atomic E-state index is 13.7. The number of aliphatic hydroxyl groups is 1. The fraction of sp³-hybridized carbons (Fsp3) is 0.500. The summed E-state index contributed by atoms with van der Waals surface area (Å²) >= 11 is 1.51. The maximum Gasteiger partial charge on any atom is 0.407 e. The molecule has 4 rings (SSSR count). The fourth-order valence-electron chi connectivity index (χ4n) is 5.20. The predicted octanol–water partition coefficient (Wildman–Crippen LogP) is 3.66. The number of ketones is 1. The Morgan fingerprint density at radius 3 is 2.56 bits per heavy atom. The molecular weight excluding hydrogens is 516 g/mol. The highest BCUT2D eigenvalue weighted by atomic mass is 32.2. The Morgan fingerprint density at radius 1 is 1.15 bits per heavy atom. The minimum absolute atomic E-state index is 0.0398. The van der Waals surface area contributed by atoms with Crippen LogP contribution in [-0.2, 0) is 31.9 Å². The van der Waals surface area contributed by atoms with E-state index in [9.17, 15) is 19.5 Å². The zero-order valence-corrected chi connectivity index (χ0v) is 23.6. The van der Waals surface area contributed by atoms with Crippen LogP contribution in [0.15, 0.2) is 54.6 Å². The average Bonchev–Trinajstić information content (AvgIpc) is 3.54. The van der Waals surface area contributed by atoms with Crippen LogP contribution in [0.1, 0.15) is 43.4 Å². The van der Waals surface area contributed by atoms with E-state index in [1.165, 1.54) is 16.7 Å². The number of carbonyl (C=O) groups excluding carboxylic acids is 3. The van der Waals surface area contributed by atoms with Gasteiger partial charge in [0.1, 0.15) is 12.1 Å². The molecule has 2 saturated heterocycles. The van der Waals surface area contributed by atoms with Crippen LogP contribution in [0.4, 0.5) is 4.79 Å². The number of nitrogens with zero attached hydrogens (tertiary/aromatic N) is 1. The molecule has 9 heteroatoms. The first-order valence-electron chi connectivity index (χ1n) is 13.4. The summed E-state index contributed by atoms with van der Waals surface area (Å²) in [7, 11) is 0. The van der Waals surface area contributed by atoms with Crippen LogP contribution >= 0.6 is 11.8 Å². The molecule has 0 spiro atoms. The van der Waals surface area contributed by atoms with Crippen LogP contribution in [-0.4, -0.2) is 75.9 Å². The molecule has 4 unspecified atom stereocenters. The molecule has 210 valence electrons. The molecule has 2 N–H and O–H groups in total. The lowest BCUT2D eigenvalue weighted by Gasteiger charge is -2.33. The molecule has 0 aromatic heterocycles. The topological polar surface area (TPSA) is 105 Å². The molecule has 0 radical (unpaired) electrons. The van der Waals surface area contributed by atoms with Crippen molar-refractivity contribution < 1.29 is 29.0 Å². The number of aryl methyl sites for hydroxylation is 2. The van der Waals surface area contributed by atoms with Gasteiger partial charge in [-0.25, -0.2) is 4.79 Å². The van der Waals surface area contributed by atoms with E-state index in [2.05, 4.69) is 5.32 Å². The van der Waals surface area contributed by atoms with Gasteiger partial charge in [-0.2, -0.15) is 0 Å². The second-order valence-corrected chi connectivity index (χ2v) is 12.4. The first-order chi connectivity index (χ1) is 18.7. The normalized spacial score (nSPS) is 21.8. The zero-order valence-electron chi connectivity index (χ0n) is 22.8. The number of ether oxygens (including phenoxy) is 2. The number of benzene rings is 2. The van der Waals surface area contributed by atoms with E-state index < -0.39 is 34.9 Å². The van der Waals surface area contributed by atoms with E-state index in [1.54, 1.807) is 0 Å². The van der Waals surface area contributed by atoms with E-state index in [0.717, 1.165) is 16.7 Å².